The molecule has 3 heterocycles. The molecule has 3 aromatic heterocycles. The van der Waals surface area contributed by atoms with Gasteiger partial charge in [0.25, 0.3) is 11.1 Å². The lowest BCUT2D eigenvalue weighted by molar-refractivity contribution is 0.409. The first-order valence-corrected chi connectivity index (χ1v) is 15.4. The third-order valence-corrected chi connectivity index (χ3v) is 7.15. The van der Waals surface area contributed by atoms with Crippen molar-refractivity contribution < 1.29 is 9.47 Å². The second-order valence-corrected chi connectivity index (χ2v) is 12.2. The van der Waals surface area contributed by atoms with Crippen molar-refractivity contribution in [2.45, 2.75) is 73.8 Å². The van der Waals surface area contributed by atoms with Crippen molar-refractivity contribution in [3.05, 3.63) is 142 Å². The molecule has 0 aliphatic heterocycles. The largest absolute Gasteiger partial charge is 0.440 e. The molecule has 0 aliphatic rings. The van der Waals surface area contributed by atoms with Crippen LogP contribution in [0.2, 0.25) is 0 Å². The molecule has 0 radical (unpaired) electrons. The molecule has 5 aromatic rings. The van der Waals surface area contributed by atoms with Crippen molar-refractivity contribution >= 4 is 0 Å². The summed E-state index contributed by atoms with van der Waals surface area (Å²) in [6.45, 7) is 15.6. The number of nitrogens with zero attached hydrogens (tertiary/aromatic N) is 2. The van der Waals surface area contributed by atoms with Crippen LogP contribution in [0.1, 0.15) is 78.6 Å². The van der Waals surface area contributed by atoms with Crippen LogP contribution in [0.15, 0.2) is 80.0 Å². The van der Waals surface area contributed by atoms with E-state index in [4.69, 9.17) is 9.47 Å². The molecule has 0 atom stereocenters. The van der Waals surface area contributed by atoms with Crippen molar-refractivity contribution in [3.8, 4) is 23.3 Å². The van der Waals surface area contributed by atoms with Gasteiger partial charge < -0.3 is 9.47 Å². The number of aromatic amines is 3. The van der Waals surface area contributed by atoms with Crippen LogP contribution in [0.4, 0.5) is 0 Å². The van der Waals surface area contributed by atoms with E-state index in [9.17, 15) is 19.2 Å². The van der Waals surface area contributed by atoms with E-state index in [1.54, 1.807) is 6.20 Å². The van der Waals surface area contributed by atoms with E-state index in [0.29, 0.717) is 28.3 Å². The van der Waals surface area contributed by atoms with E-state index in [1.165, 1.54) is 4.57 Å². The predicted molar refractivity (Wildman–Crippen MR) is 183 cm³/mol. The van der Waals surface area contributed by atoms with Crippen molar-refractivity contribution in [2.24, 2.45) is 0 Å². The Morgan fingerprint density at radius 3 is 1.72 bits per heavy atom. The average Bonchev–Trinajstić information content (AvgIpc) is 2.94. The number of ether oxygens (including phenoxy) is 2. The number of rotatable bonds is 8. The molecule has 2 aromatic carbocycles. The SMILES string of the molecule is Cc1cc(C)cc(Oc2[nH]c(=O)[nH]c(=O)c2C(C)C)c1.Cc1cc(C)cc(Oc2c(C(C)C)c(=O)[nH]c(=O)n2Cc2ccccn2)c1. The minimum absolute atomic E-state index is 0.0588. The zero-order chi connectivity index (χ0) is 34.4. The van der Waals surface area contributed by atoms with Crippen LogP contribution in [-0.4, -0.2) is 24.5 Å². The summed E-state index contributed by atoms with van der Waals surface area (Å²) < 4.78 is 13.3. The topological polar surface area (TPSA) is 152 Å². The number of pyridine rings is 1. The molecule has 3 N–H and O–H groups in total. The second kappa shape index (κ2) is 14.8. The van der Waals surface area contributed by atoms with Gasteiger partial charge in [-0.15, -0.1) is 0 Å². The van der Waals surface area contributed by atoms with E-state index in [1.807, 2.05) is 110 Å². The highest BCUT2D eigenvalue weighted by Gasteiger charge is 2.21. The zero-order valence-electron chi connectivity index (χ0n) is 28.0. The van der Waals surface area contributed by atoms with Gasteiger partial charge in [0, 0.05) is 6.20 Å². The Kier molecular flexibility index (Phi) is 10.8. The summed E-state index contributed by atoms with van der Waals surface area (Å²) in [5.41, 5.74) is 3.83. The molecule has 0 spiro atoms. The lowest BCUT2D eigenvalue weighted by Gasteiger charge is -2.18. The molecule has 0 bridgehead atoms. The summed E-state index contributed by atoms with van der Waals surface area (Å²) in [6, 6.07) is 17.0. The van der Waals surface area contributed by atoms with E-state index in [2.05, 4.69) is 19.9 Å². The first kappa shape index (κ1) is 34.4. The quantitative estimate of drug-likeness (QED) is 0.185. The highest BCUT2D eigenvalue weighted by molar-refractivity contribution is 5.39. The number of H-pyrrole nitrogens is 3. The molecule has 11 heteroatoms. The summed E-state index contributed by atoms with van der Waals surface area (Å²) in [4.78, 5) is 59.8. The van der Waals surface area contributed by atoms with Gasteiger partial charge in [-0.1, -0.05) is 45.9 Å². The number of benzene rings is 2. The van der Waals surface area contributed by atoms with E-state index < -0.39 is 22.5 Å². The minimum Gasteiger partial charge on any atom is -0.440 e. The van der Waals surface area contributed by atoms with E-state index >= 15 is 0 Å². The number of hydrogen-bond acceptors (Lipinski definition) is 7. The molecular weight excluding hydrogens is 598 g/mol. The van der Waals surface area contributed by atoms with Gasteiger partial charge in [-0.3, -0.25) is 34.1 Å². The van der Waals surface area contributed by atoms with Crippen molar-refractivity contribution in [1.29, 1.82) is 0 Å². The molecule has 0 unspecified atom stereocenters. The van der Waals surface area contributed by atoms with Crippen LogP contribution < -0.4 is 32.0 Å². The Morgan fingerprint density at radius 1 is 0.681 bits per heavy atom. The molecule has 0 fully saturated rings. The zero-order valence-corrected chi connectivity index (χ0v) is 28.0. The fourth-order valence-electron chi connectivity index (χ4n) is 5.28. The number of aromatic nitrogens is 5. The summed E-state index contributed by atoms with van der Waals surface area (Å²) in [7, 11) is 0. The maximum Gasteiger partial charge on any atom is 0.331 e. The molecule has 5 rings (SSSR count). The van der Waals surface area contributed by atoms with Gasteiger partial charge in [0.1, 0.15) is 11.5 Å². The Morgan fingerprint density at radius 2 is 1.21 bits per heavy atom. The summed E-state index contributed by atoms with van der Waals surface area (Å²) >= 11 is 0. The molecule has 246 valence electrons. The lowest BCUT2D eigenvalue weighted by Crippen LogP contribution is -2.34. The molecule has 47 heavy (non-hydrogen) atoms. The molecule has 0 aliphatic carbocycles. The third-order valence-electron chi connectivity index (χ3n) is 7.15. The van der Waals surface area contributed by atoms with Gasteiger partial charge in [-0.25, -0.2) is 9.59 Å². The lowest BCUT2D eigenvalue weighted by atomic mass is 10.1. The first-order valence-electron chi connectivity index (χ1n) is 15.4. The van der Waals surface area contributed by atoms with Crippen LogP contribution in [0.5, 0.6) is 23.3 Å². The van der Waals surface area contributed by atoms with Crippen LogP contribution in [-0.2, 0) is 6.54 Å². The number of hydrogen-bond donors (Lipinski definition) is 3. The summed E-state index contributed by atoms with van der Waals surface area (Å²) in [5, 5.41) is 0. The van der Waals surface area contributed by atoms with Crippen LogP contribution in [0, 0.1) is 27.7 Å². The second-order valence-electron chi connectivity index (χ2n) is 12.2. The van der Waals surface area contributed by atoms with Gasteiger partial charge in [-0.2, -0.15) is 0 Å². The highest BCUT2D eigenvalue weighted by Crippen LogP contribution is 2.29. The Hall–Kier alpha value is -5.45. The van der Waals surface area contributed by atoms with Crippen LogP contribution in [0.3, 0.4) is 0 Å². The normalized spacial score (nSPS) is 10.9. The Balaban J connectivity index is 0.000000223. The van der Waals surface area contributed by atoms with Crippen LogP contribution >= 0.6 is 0 Å². The summed E-state index contributed by atoms with van der Waals surface area (Å²) in [5.74, 6) is 1.48. The molecule has 11 nitrogen and oxygen atoms in total. The highest BCUT2D eigenvalue weighted by atomic mass is 16.5. The van der Waals surface area contributed by atoms with Gasteiger partial charge >= 0.3 is 11.4 Å². The number of aryl methyl sites for hydroxylation is 4. The summed E-state index contributed by atoms with van der Waals surface area (Å²) in [6.07, 6.45) is 1.67. The molecule has 0 saturated heterocycles. The number of nitrogens with one attached hydrogen (secondary N) is 3. The molecule has 0 amide bonds. The third kappa shape index (κ3) is 8.84. The van der Waals surface area contributed by atoms with Crippen LogP contribution in [0.25, 0.3) is 0 Å². The minimum atomic E-state index is -0.571. The van der Waals surface area contributed by atoms with Gasteiger partial charge in [0.05, 0.1) is 23.4 Å². The van der Waals surface area contributed by atoms with Gasteiger partial charge in [0.15, 0.2) is 0 Å². The first-order chi connectivity index (χ1) is 22.2. The smallest absolute Gasteiger partial charge is 0.331 e. The average molecular weight is 640 g/mol. The van der Waals surface area contributed by atoms with Gasteiger partial charge in [0.2, 0.25) is 11.8 Å². The Bertz CT molecular complexity index is 2070. The maximum atomic E-state index is 12.6. The monoisotopic (exact) mass is 639 g/mol. The predicted octanol–water partition coefficient (Wildman–Crippen LogP) is 6.11. The Labute approximate surface area is 272 Å². The van der Waals surface area contributed by atoms with Crippen molar-refractivity contribution in [1.82, 2.24) is 24.5 Å². The molecular formula is C36H41N5O6. The van der Waals surface area contributed by atoms with E-state index in [-0.39, 0.29) is 30.1 Å². The fraction of sp³-hybridized carbons (Fsp3) is 0.306. The maximum absolute atomic E-state index is 12.6. The molecule has 0 saturated carbocycles. The van der Waals surface area contributed by atoms with Crippen molar-refractivity contribution in [3.63, 3.8) is 0 Å². The van der Waals surface area contributed by atoms with Crippen molar-refractivity contribution in [2.75, 3.05) is 0 Å². The van der Waals surface area contributed by atoms with Gasteiger partial charge in [-0.05, 0) is 98.2 Å². The fourth-order valence-corrected chi connectivity index (χ4v) is 5.28. The van der Waals surface area contributed by atoms with E-state index in [0.717, 1.165) is 22.3 Å². The standard InChI is InChI=1S/C21H23N3O3.C15H18N2O3/c1-13(2)18-19(25)23-21(26)24(12-16-7-5-6-8-22-16)20(18)27-17-10-14(3)9-15(4)11-17;1-8(2)12-13(18)16-15(19)17-14(12)20-11-6-9(3)5-10(4)7-11/h5-11,13H,12H2,1-4H3,(H,23,25,26);5-8H,1-4H3,(H2,16,17,18,19).